The third kappa shape index (κ3) is 2.95. The van der Waals surface area contributed by atoms with Gasteiger partial charge in [-0.2, -0.15) is 0 Å². The Kier molecular flexibility index (Phi) is 4.29. The number of ether oxygens (including phenoxy) is 1. The fourth-order valence-electron chi connectivity index (χ4n) is 5.94. The number of dihydropyridines is 1. The van der Waals surface area contributed by atoms with E-state index in [4.69, 9.17) is 4.74 Å². The second-order valence-electron chi connectivity index (χ2n) is 10.3. The summed E-state index contributed by atoms with van der Waals surface area (Å²) in [7, 11) is 2.21. The highest BCUT2D eigenvalue weighted by Gasteiger charge is 2.41. The van der Waals surface area contributed by atoms with Crippen molar-refractivity contribution in [1.29, 1.82) is 0 Å². The van der Waals surface area contributed by atoms with E-state index in [0.717, 1.165) is 30.2 Å². The van der Waals surface area contributed by atoms with Crippen molar-refractivity contribution in [3.05, 3.63) is 82.9 Å². The van der Waals surface area contributed by atoms with Crippen molar-refractivity contribution in [2.24, 2.45) is 0 Å². The largest absolute Gasteiger partial charge is 0.456 e. The predicted octanol–water partition coefficient (Wildman–Crippen LogP) is 7.13. The Balaban J connectivity index is 1.74. The molecule has 0 aromatic heterocycles. The number of nitrogens with zero attached hydrogens (tertiary/aromatic N) is 1. The van der Waals surface area contributed by atoms with Crippen LogP contribution in [0.3, 0.4) is 0 Å². The molecular weight excluding hydrogens is 404 g/mol. The van der Waals surface area contributed by atoms with Crippen molar-refractivity contribution in [1.82, 2.24) is 5.32 Å². The molecular formula is C30H30N2O. The Hall–Kier alpha value is -3.46. The lowest BCUT2D eigenvalue weighted by Gasteiger charge is -2.27. The van der Waals surface area contributed by atoms with E-state index in [1.54, 1.807) is 0 Å². The van der Waals surface area contributed by atoms with Crippen molar-refractivity contribution >= 4 is 11.4 Å². The van der Waals surface area contributed by atoms with Gasteiger partial charge >= 0.3 is 0 Å². The lowest BCUT2D eigenvalue weighted by atomic mass is 9.81. The minimum Gasteiger partial charge on any atom is -0.456 e. The number of rotatable bonds is 1. The van der Waals surface area contributed by atoms with Gasteiger partial charge in [0.05, 0.1) is 5.69 Å². The van der Waals surface area contributed by atoms with E-state index in [2.05, 4.69) is 106 Å². The number of hydrogen-bond acceptors (Lipinski definition) is 3. The summed E-state index contributed by atoms with van der Waals surface area (Å²) in [5.74, 6) is 1.93. The summed E-state index contributed by atoms with van der Waals surface area (Å²) in [4.78, 5) is 2.41. The zero-order chi connectivity index (χ0) is 22.9. The van der Waals surface area contributed by atoms with Crippen LogP contribution in [0.1, 0.15) is 38.8 Å². The molecule has 6 rings (SSSR count). The highest BCUT2D eigenvalue weighted by Crippen LogP contribution is 2.56. The number of anilines is 1. The molecule has 1 N–H and O–H groups in total. The molecule has 3 aliphatic heterocycles. The van der Waals surface area contributed by atoms with Crippen LogP contribution in [-0.4, -0.2) is 20.1 Å². The van der Waals surface area contributed by atoms with Crippen LogP contribution in [0.2, 0.25) is 0 Å². The Labute approximate surface area is 196 Å². The van der Waals surface area contributed by atoms with Gasteiger partial charge in [0.15, 0.2) is 0 Å². The molecule has 0 aliphatic carbocycles. The van der Waals surface area contributed by atoms with Crippen molar-refractivity contribution in [3.8, 4) is 33.8 Å². The molecule has 3 heterocycles. The SMILES string of the molecule is CC1=CC(C)=C(c2cc3c(c4c2N(C)CC4(C)C)Oc2ccccc2-c2ccccc2-3)NC1. The minimum atomic E-state index is -0.0344. The zero-order valence-corrected chi connectivity index (χ0v) is 20.0. The van der Waals surface area contributed by atoms with Crippen LogP contribution in [0.5, 0.6) is 11.5 Å². The van der Waals surface area contributed by atoms with E-state index in [0.29, 0.717) is 0 Å². The first-order valence-corrected chi connectivity index (χ1v) is 11.8. The summed E-state index contributed by atoms with van der Waals surface area (Å²) in [6.45, 7) is 10.9. The molecule has 0 spiro atoms. The summed E-state index contributed by atoms with van der Waals surface area (Å²) in [5.41, 5.74) is 12.5. The summed E-state index contributed by atoms with van der Waals surface area (Å²) in [6, 6.07) is 19.5. The van der Waals surface area contributed by atoms with Crippen LogP contribution in [-0.2, 0) is 5.41 Å². The van der Waals surface area contributed by atoms with Gasteiger partial charge in [0.2, 0.25) is 0 Å². The molecule has 3 heteroatoms. The summed E-state index contributed by atoms with van der Waals surface area (Å²) in [5, 5.41) is 3.72. The summed E-state index contributed by atoms with van der Waals surface area (Å²) < 4.78 is 6.82. The van der Waals surface area contributed by atoms with E-state index in [9.17, 15) is 0 Å². The molecule has 3 aromatic rings. The smallest absolute Gasteiger partial charge is 0.141 e. The second-order valence-corrected chi connectivity index (χ2v) is 10.3. The monoisotopic (exact) mass is 434 g/mol. The Morgan fingerprint density at radius 2 is 1.55 bits per heavy atom. The number of nitrogens with one attached hydrogen (secondary N) is 1. The number of benzene rings is 3. The van der Waals surface area contributed by atoms with Crippen molar-refractivity contribution in [2.45, 2.75) is 33.1 Å². The maximum Gasteiger partial charge on any atom is 0.141 e. The Morgan fingerprint density at radius 3 is 2.27 bits per heavy atom. The van der Waals surface area contributed by atoms with Crippen LogP contribution >= 0.6 is 0 Å². The minimum absolute atomic E-state index is 0.0344. The third-order valence-electron chi connectivity index (χ3n) is 7.22. The standard InChI is InChI=1S/C30H30N2O/c1-18-14-19(2)27(31-16-18)24-15-23-21-11-7-6-10-20(21)22-12-8-9-13-25(22)33-29(23)26-28(24)32(5)17-30(26,3)4/h6-15,31H,16-17H2,1-5H3. The molecule has 0 bridgehead atoms. The van der Waals surface area contributed by atoms with E-state index < -0.39 is 0 Å². The second kappa shape index (κ2) is 7.02. The van der Waals surface area contributed by atoms with E-state index in [1.807, 2.05) is 0 Å². The van der Waals surface area contributed by atoms with Gasteiger partial charge in [-0.15, -0.1) is 0 Å². The highest BCUT2D eigenvalue weighted by atomic mass is 16.5. The summed E-state index contributed by atoms with van der Waals surface area (Å²) >= 11 is 0. The van der Waals surface area contributed by atoms with Crippen LogP contribution in [0.4, 0.5) is 5.69 Å². The van der Waals surface area contributed by atoms with E-state index >= 15 is 0 Å². The normalized spacial score (nSPS) is 17.7. The Morgan fingerprint density at radius 1 is 0.879 bits per heavy atom. The van der Waals surface area contributed by atoms with Gasteiger partial charge < -0.3 is 15.0 Å². The molecule has 3 nitrogen and oxygen atoms in total. The molecule has 3 aromatic carbocycles. The molecule has 0 fully saturated rings. The van der Waals surface area contributed by atoms with Gasteiger partial charge in [0, 0.05) is 53.5 Å². The average molecular weight is 435 g/mol. The first-order valence-electron chi connectivity index (χ1n) is 11.8. The van der Waals surface area contributed by atoms with E-state index in [-0.39, 0.29) is 5.41 Å². The predicted molar refractivity (Wildman–Crippen MR) is 138 cm³/mol. The highest BCUT2D eigenvalue weighted by molar-refractivity contribution is 5.97. The van der Waals surface area contributed by atoms with Crippen LogP contribution < -0.4 is 15.0 Å². The number of likely N-dealkylation sites (N-methyl/N-ethyl adjacent to an activating group) is 1. The van der Waals surface area contributed by atoms with E-state index in [1.165, 1.54) is 50.3 Å². The maximum absolute atomic E-state index is 6.82. The molecule has 166 valence electrons. The van der Waals surface area contributed by atoms with Crippen LogP contribution in [0.15, 0.2) is 71.8 Å². The first kappa shape index (κ1) is 20.2. The first-order chi connectivity index (χ1) is 15.8. The lowest BCUT2D eigenvalue weighted by Crippen LogP contribution is -2.25. The molecule has 0 radical (unpaired) electrons. The van der Waals surface area contributed by atoms with Gasteiger partial charge in [-0.05, 0) is 42.7 Å². The molecule has 0 unspecified atom stereocenters. The molecule has 33 heavy (non-hydrogen) atoms. The number of hydrogen-bond donors (Lipinski definition) is 1. The van der Waals surface area contributed by atoms with Crippen molar-refractivity contribution in [2.75, 3.05) is 25.0 Å². The number of para-hydroxylation sites is 1. The molecule has 0 amide bonds. The number of fused-ring (bicyclic) bond motifs is 7. The van der Waals surface area contributed by atoms with Gasteiger partial charge in [-0.3, -0.25) is 0 Å². The lowest BCUT2D eigenvalue weighted by molar-refractivity contribution is 0.460. The van der Waals surface area contributed by atoms with Crippen LogP contribution in [0.25, 0.3) is 28.0 Å². The van der Waals surface area contributed by atoms with Crippen molar-refractivity contribution < 1.29 is 4.74 Å². The molecule has 3 aliphatic rings. The van der Waals surface area contributed by atoms with Gasteiger partial charge in [-0.1, -0.05) is 68.0 Å². The average Bonchev–Trinajstić information content (AvgIpc) is 2.94. The fourth-order valence-corrected chi connectivity index (χ4v) is 5.94. The zero-order valence-electron chi connectivity index (χ0n) is 20.0. The molecule has 0 saturated carbocycles. The summed E-state index contributed by atoms with van der Waals surface area (Å²) in [6.07, 6.45) is 2.31. The molecule has 0 atom stereocenters. The Bertz CT molecular complexity index is 1380. The fraction of sp³-hybridized carbons (Fsp3) is 0.267. The van der Waals surface area contributed by atoms with Gasteiger partial charge in [0.25, 0.3) is 0 Å². The number of allylic oxidation sites excluding steroid dienone is 2. The topological polar surface area (TPSA) is 24.5 Å². The van der Waals surface area contributed by atoms with Gasteiger partial charge in [-0.25, -0.2) is 0 Å². The van der Waals surface area contributed by atoms with Crippen molar-refractivity contribution in [3.63, 3.8) is 0 Å². The third-order valence-corrected chi connectivity index (χ3v) is 7.22. The quantitative estimate of drug-likeness (QED) is 0.345. The van der Waals surface area contributed by atoms with Gasteiger partial charge in [0.1, 0.15) is 11.5 Å². The van der Waals surface area contributed by atoms with Crippen LogP contribution in [0, 0.1) is 0 Å². The maximum atomic E-state index is 6.82. The molecule has 0 saturated heterocycles.